The molecule has 0 aliphatic heterocycles. The molecule has 4 rings (SSSR count). The Morgan fingerprint density at radius 1 is 0.879 bits per heavy atom. The number of aldehydes is 1. The molecule has 158 valence electrons. The second-order valence-corrected chi connectivity index (χ2v) is 7.41. The Morgan fingerprint density at radius 3 is 2.39 bits per heavy atom. The Labute approximate surface area is 192 Å². The van der Waals surface area contributed by atoms with Gasteiger partial charge in [0.15, 0.2) is 6.29 Å². The Hall–Kier alpha value is -4.58. The summed E-state index contributed by atoms with van der Waals surface area (Å²) in [7, 11) is 0. The molecule has 0 saturated heterocycles. The van der Waals surface area contributed by atoms with Crippen LogP contribution in [0.25, 0.3) is 11.1 Å². The molecule has 0 saturated carbocycles. The maximum Gasteiger partial charge on any atom is 0.150 e. The van der Waals surface area contributed by atoms with Gasteiger partial charge >= 0.3 is 0 Å². The summed E-state index contributed by atoms with van der Waals surface area (Å²) in [6, 6.07) is 28.1. The van der Waals surface area contributed by atoms with Gasteiger partial charge in [-0.25, -0.2) is 0 Å². The maximum atomic E-state index is 11.6. The molecular weight excluding hydrogens is 410 g/mol. The highest BCUT2D eigenvalue weighted by Crippen LogP contribution is 2.33. The highest BCUT2D eigenvalue weighted by atomic mass is 16.5. The predicted octanol–water partition coefficient (Wildman–Crippen LogP) is 5.61. The highest BCUT2D eigenvalue weighted by molar-refractivity contribution is 5.89. The summed E-state index contributed by atoms with van der Waals surface area (Å²) >= 11 is 0. The zero-order valence-corrected chi connectivity index (χ0v) is 17.7. The van der Waals surface area contributed by atoms with Gasteiger partial charge in [-0.05, 0) is 47.0 Å². The number of benzene rings is 3. The number of carbonyl (C=O) groups excluding carboxylic acids is 1. The van der Waals surface area contributed by atoms with Gasteiger partial charge in [0.25, 0.3) is 0 Å². The van der Waals surface area contributed by atoms with Crippen LogP contribution in [0.4, 0.5) is 0 Å². The lowest BCUT2D eigenvalue weighted by Gasteiger charge is -2.20. The van der Waals surface area contributed by atoms with Crippen LogP contribution in [-0.4, -0.2) is 11.3 Å². The predicted molar refractivity (Wildman–Crippen MR) is 124 cm³/mol. The fourth-order valence-corrected chi connectivity index (χ4v) is 3.66. The molecule has 0 amide bonds. The molecule has 1 aromatic heterocycles. The molecule has 0 N–H and O–H groups in total. The summed E-state index contributed by atoms with van der Waals surface area (Å²) in [5, 5.41) is 18.7. The third-order valence-corrected chi connectivity index (χ3v) is 5.33. The molecule has 0 aliphatic carbocycles. The first-order valence-electron chi connectivity index (χ1n) is 10.3. The smallest absolute Gasteiger partial charge is 0.150 e. The van der Waals surface area contributed by atoms with Crippen LogP contribution in [0.1, 0.15) is 44.3 Å². The summed E-state index contributed by atoms with van der Waals surface area (Å²) < 4.78 is 6.32. The maximum absolute atomic E-state index is 11.6. The number of pyridine rings is 1. The normalized spacial score (nSPS) is 11.2. The summed E-state index contributed by atoms with van der Waals surface area (Å²) in [5.74, 6) is 0. The van der Waals surface area contributed by atoms with Gasteiger partial charge in [-0.3, -0.25) is 9.78 Å². The summed E-state index contributed by atoms with van der Waals surface area (Å²) in [6.07, 6.45) is 3.81. The van der Waals surface area contributed by atoms with Crippen LogP contribution in [0.5, 0.6) is 0 Å². The minimum Gasteiger partial charge on any atom is -0.364 e. The zero-order valence-electron chi connectivity index (χ0n) is 17.7. The number of rotatable bonds is 7. The average Bonchev–Trinajstić information content (AvgIpc) is 2.89. The van der Waals surface area contributed by atoms with Crippen LogP contribution >= 0.6 is 0 Å². The Bertz CT molecular complexity index is 1350. The highest BCUT2D eigenvalue weighted by Gasteiger charge is 2.19. The first-order chi connectivity index (χ1) is 16.2. The van der Waals surface area contributed by atoms with Gasteiger partial charge in [-0.2, -0.15) is 10.5 Å². The van der Waals surface area contributed by atoms with E-state index in [2.05, 4.69) is 17.1 Å². The largest absolute Gasteiger partial charge is 0.364 e. The van der Waals surface area contributed by atoms with Crippen molar-refractivity contribution in [3.05, 3.63) is 125 Å². The molecule has 0 radical (unpaired) electrons. The molecule has 1 heterocycles. The zero-order chi connectivity index (χ0) is 23.0. The van der Waals surface area contributed by atoms with E-state index >= 15 is 0 Å². The van der Waals surface area contributed by atoms with Crippen molar-refractivity contribution in [1.29, 1.82) is 10.5 Å². The van der Waals surface area contributed by atoms with Crippen molar-refractivity contribution in [3.8, 4) is 23.3 Å². The van der Waals surface area contributed by atoms with E-state index < -0.39 is 6.10 Å². The monoisotopic (exact) mass is 429 g/mol. The molecule has 1 atom stereocenters. The van der Waals surface area contributed by atoms with E-state index in [0.29, 0.717) is 34.4 Å². The van der Waals surface area contributed by atoms with Crippen molar-refractivity contribution < 1.29 is 9.53 Å². The number of ether oxygens (including phenoxy) is 1. The van der Waals surface area contributed by atoms with Gasteiger partial charge in [-0.15, -0.1) is 0 Å². The van der Waals surface area contributed by atoms with Gasteiger partial charge in [0.05, 0.1) is 29.9 Å². The summed E-state index contributed by atoms with van der Waals surface area (Å²) in [6.45, 7) is 0.325. The molecule has 0 aliphatic rings. The van der Waals surface area contributed by atoms with E-state index in [1.807, 2.05) is 48.5 Å². The van der Waals surface area contributed by atoms with E-state index in [1.165, 1.54) is 0 Å². The standard InChI is InChI=1S/C28H19N3O2/c29-15-20-7-9-21(10-8-20)19-33-28(24-5-3-13-31-17-24)22-11-12-23(16-30)27(14-22)26-6-2-1-4-25(26)18-32/h1-14,17-18,28H,19H2. The van der Waals surface area contributed by atoms with Gasteiger partial charge in [-0.1, -0.05) is 48.5 Å². The molecule has 5 nitrogen and oxygen atoms in total. The van der Waals surface area contributed by atoms with E-state index in [0.717, 1.165) is 23.0 Å². The lowest BCUT2D eigenvalue weighted by molar-refractivity contribution is 0.0665. The molecule has 33 heavy (non-hydrogen) atoms. The molecule has 0 spiro atoms. The molecule has 1 unspecified atom stereocenters. The first kappa shape index (κ1) is 21.6. The fraction of sp³-hybridized carbons (Fsp3) is 0.0714. The van der Waals surface area contributed by atoms with Crippen LogP contribution in [0.2, 0.25) is 0 Å². The van der Waals surface area contributed by atoms with Gasteiger partial charge in [0.1, 0.15) is 6.10 Å². The van der Waals surface area contributed by atoms with Crippen molar-refractivity contribution in [2.24, 2.45) is 0 Å². The quantitative estimate of drug-likeness (QED) is 0.356. The second-order valence-electron chi connectivity index (χ2n) is 7.41. The van der Waals surface area contributed by atoms with Crippen molar-refractivity contribution >= 4 is 6.29 Å². The van der Waals surface area contributed by atoms with Gasteiger partial charge in [0, 0.05) is 29.1 Å². The Morgan fingerprint density at radius 2 is 1.70 bits per heavy atom. The van der Waals surface area contributed by atoms with Gasteiger partial charge < -0.3 is 4.74 Å². The van der Waals surface area contributed by atoms with E-state index in [1.54, 1.807) is 42.7 Å². The van der Waals surface area contributed by atoms with Crippen LogP contribution in [0.15, 0.2) is 91.3 Å². The molecule has 4 aromatic rings. The minimum atomic E-state index is -0.441. The number of nitrogens with zero attached hydrogens (tertiary/aromatic N) is 3. The van der Waals surface area contributed by atoms with Crippen LogP contribution in [0.3, 0.4) is 0 Å². The fourth-order valence-electron chi connectivity index (χ4n) is 3.66. The molecule has 0 fully saturated rings. The summed E-state index contributed by atoms with van der Waals surface area (Å²) in [5.41, 5.74) is 5.59. The van der Waals surface area contributed by atoms with E-state index in [4.69, 9.17) is 10.00 Å². The number of carbonyl (C=O) groups is 1. The summed E-state index contributed by atoms with van der Waals surface area (Å²) in [4.78, 5) is 15.8. The van der Waals surface area contributed by atoms with Crippen LogP contribution in [-0.2, 0) is 11.3 Å². The molecule has 5 heteroatoms. The second kappa shape index (κ2) is 10.2. The first-order valence-corrected chi connectivity index (χ1v) is 10.3. The minimum absolute atomic E-state index is 0.325. The number of nitriles is 2. The van der Waals surface area contributed by atoms with Crippen LogP contribution < -0.4 is 0 Å². The SMILES string of the molecule is N#Cc1ccc(COC(c2cccnc2)c2ccc(C#N)c(-c3ccccc3C=O)c2)cc1. The van der Waals surface area contributed by atoms with E-state index in [-0.39, 0.29) is 0 Å². The molecular formula is C28H19N3O2. The van der Waals surface area contributed by atoms with Crippen molar-refractivity contribution in [1.82, 2.24) is 4.98 Å². The third kappa shape index (κ3) is 4.85. The number of hydrogen-bond donors (Lipinski definition) is 0. The van der Waals surface area contributed by atoms with Crippen molar-refractivity contribution in [3.63, 3.8) is 0 Å². The van der Waals surface area contributed by atoms with Gasteiger partial charge in [0.2, 0.25) is 0 Å². The Balaban J connectivity index is 1.75. The van der Waals surface area contributed by atoms with Crippen molar-refractivity contribution in [2.75, 3.05) is 0 Å². The molecule has 3 aromatic carbocycles. The van der Waals surface area contributed by atoms with E-state index in [9.17, 15) is 10.1 Å². The lowest BCUT2D eigenvalue weighted by atomic mass is 9.92. The van der Waals surface area contributed by atoms with Crippen molar-refractivity contribution in [2.45, 2.75) is 12.7 Å². The van der Waals surface area contributed by atoms with Crippen LogP contribution in [0, 0.1) is 22.7 Å². The molecule has 0 bridgehead atoms. The number of hydrogen-bond acceptors (Lipinski definition) is 5. The third-order valence-electron chi connectivity index (χ3n) is 5.33. The topological polar surface area (TPSA) is 86.8 Å². The average molecular weight is 429 g/mol. The lowest BCUT2D eigenvalue weighted by Crippen LogP contribution is -2.08. The Kier molecular flexibility index (Phi) is 6.66. The number of aromatic nitrogens is 1.